The number of rotatable bonds is 3. The Morgan fingerprint density at radius 3 is 2.76 bits per heavy atom. The molecule has 0 amide bonds. The maximum absolute atomic E-state index is 13.1. The van der Waals surface area contributed by atoms with Gasteiger partial charge in [0.05, 0.1) is 5.56 Å². The van der Waals surface area contributed by atoms with E-state index in [1.807, 2.05) is 16.7 Å². The molecular weight excluding hydrogens is 299 g/mol. The number of hydrogen-bond acceptors (Lipinski definition) is 3. The fourth-order valence-electron chi connectivity index (χ4n) is 2.40. The van der Waals surface area contributed by atoms with E-state index in [1.54, 1.807) is 6.07 Å². The zero-order valence-corrected chi connectivity index (χ0v) is 12.5. The molecule has 2 rings (SSSR count). The zero-order chi connectivity index (χ0) is 15.6. The van der Waals surface area contributed by atoms with Crippen LogP contribution in [0.5, 0.6) is 0 Å². The summed E-state index contributed by atoms with van der Waals surface area (Å²) < 4.78 is 39.4. The van der Waals surface area contributed by atoms with Gasteiger partial charge < -0.3 is 10.6 Å². The van der Waals surface area contributed by atoms with Crippen LogP contribution in [0.25, 0.3) is 0 Å². The molecule has 1 fully saturated rings. The van der Waals surface area contributed by atoms with Crippen LogP contribution in [0.3, 0.4) is 0 Å². The van der Waals surface area contributed by atoms with Crippen LogP contribution in [-0.2, 0) is 6.18 Å². The molecule has 1 heterocycles. The Kier molecular flexibility index (Phi) is 4.70. The average Bonchev–Trinajstić information content (AvgIpc) is 2.45. The maximum Gasteiger partial charge on any atom is 0.417 e. The molecule has 0 spiro atoms. The third kappa shape index (κ3) is 3.64. The first-order valence-corrected chi connectivity index (χ1v) is 7.80. The molecule has 1 aromatic carbocycles. The van der Waals surface area contributed by atoms with Crippen LogP contribution >= 0.6 is 11.8 Å². The van der Waals surface area contributed by atoms with Crippen LogP contribution in [-0.4, -0.2) is 29.9 Å². The topological polar surface area (TPSA) is 53.1 Å². The lowest BCUT2D eigenvalue weighted by Crippen LogP contribution is -2.37. The molecule has 1 aromatic rings. The highest BCUT2D eigenvalue weighted by molar-refractivity contribution is 8.00. The molecule has 0 bridgehead atoms. The van der Waals surface area contributed by atoms with Gasteiger partial charge in [0.1, 0.15) is 5.84 Å². The SMILES string of the molecule is CCC1CN(c2ccc(C(=N)N)c(C(F)(F)F)c2)CCS1. The maximum atomic E-state index is 13.1. The highest BCUT2D eigenvalue weighted by Crippen LogP contribution is 2.35. The zero-order valence-electron chi connectivity index (χ0n) is 11.7. The van der Waals surface area contributed by atoms with Gasteiger partial charge in [0.15, 0.2) is 0 Å². The molecule has 1 unspecified atom stereocenters. The van der Waals surface area contributed by atoms with Crippen molar-refractivity contribution in [3.05, 3.63) is 29.3 Å². The summed E-state index contributed by atoms with van der Waals surface area (Å²) in [7, 11) is 0. The Balaban J connectivity index is 2.35. The van der Waals surface area contributed by atoms with Gasteiger partial charge in [-0.1, -0.05) is 6.92 Å². The predicted molar refractivity (Wildman–Crippen MR) is 81.2 cm³/mol. The average molecular weight is 317 g/mol. The second kappa shape index (κ2) is 6.17. The molecule has 0 saturated carbocycles. The Bertz CT molecular complexity index is 531. The third-order valence-electron chi connectivity index (χ3n) is 3.56. The van der Waals surface area contributed by atoms with E-state index in [2.05, 4.69) is 6.92 Å². The number of benzene rings is 1. The molecule has 0 aromatic heterocycles. The lowest BCUT2D eigenvalue weighted by molar-refractivity contribution is -0.137. The molecule has 0 aliphatic carbocycles. The van der Waals surface area contributed by atoms with Crippen LogP contribution in [0.1, 0.15) is 24.5 Å². The van der Waals surface area contributed by atoms with Gasteiger partial charge in [-0.25, -0.2) is 0 Å². The quantitative estimate of drug-likeness (QED) is 0.664. The normalized spacial score (nSPS) is 19.6. The Morgan fingerprint density at radius 2 is 2.19 bits per heavy atom. The number of nitrogen functional groups attached to an aromatic ring is 1. The summed E-state index contributed by atoms with van der Waals surface area (Å²) in [6.45, 7) is 3.57. The van der Waals surface area contributed by atoms with E-state index in [4.69, 9.17) is 11.1 Å². The lowest BCUT2D eigenvalue weighted by atomic mass is 10.0. The Morgan fingerprint density at radius 1 is 1.48 bits per heavy atom. The minimum absolute atomic E-state index is 0.260. The van der Waals surface area contributed by atoms with Gasteiger partial charge in [-0.2, -0.15) is 24.9 Å². The third-order valence-corrected chi connectivity index (χ3v) is 4.93. The summed E-state index contributed by atoms with van der Waals surface area (Å²) in [6.07, 6.45) is -3.51. The first kappa shape index (κ1) is 16.0. The first-order valence-electron chi connectivity index (χ1n) is 6.75. The van der Waals surface area contributed by atoms with Crippen LogP contribution in [0, 0.1) is 5.41 Å². The van der Waals surface area contributed by atoms with Crippen molar-refractivity contribution >= 4 is 23.3 Å². The minimum Gasteiger partial charge on any atom is -0.384 e. The molecule has 3 nitrogen and oxygen atoms in total. The van der Waals surface area contributed by atoms with Crippen LogP contribution in [0.15, 0.2) is 18.2 Å². The number of halogens is 3. The summed E-state index contributed by atoms with van der Waals surface area (Å²) in [5.41, 5.74) is 4.70. The summed E-state index contributed by atoms with van der Waals surface area (Å²) in [6, 6.07) is 4.03. The highest BCUT2D eigenvalue weighted by atomic mass is 32.2. The molecule has 1 aliphatic rings. The fraction of sp³-hybridized carbons (Fsp3) is 0.500. The minimum atomic E-state index is -4.51. The number of alkyl halides is 3. The first-order chi connectivity index (χ1) is 9.82. The Hall–Kier alpha value is -1.37. The largest absolute Gasteiger partial charge is 0.417 e. The van der Waals surface area contributed by atoms with Gasteiger partial charge in [-0.15, -0.1) is 0 Å². The van der Waals surface area contributed by atoms with Gasteiger partial charge in [0.2, 0.25) is 0 Å². The smallest absolute Gasteiger partial charge is 0.384 e. The van der Waals surface area contributed by atoms with E-state index in [-0.39, 0.29) is 5.56 Å². The number of nitrogens with one attached hydrogen (secondary N) is 1. The monoisotopic (exact) mass is 317 g/mol. The molecule has 116 valence electrons. The molecule has 1 saturated heterocycles. The van der Waals surface area contributed by atoms with Crippen LogP contribution < -0.4 is 10.6 Å². The second-order valence-electron chi connectivity index (χ2n) is 4.99. The molecule has 0 radical (unpaired) electrons. The van der Waals surface area contributed by atoms with E-state index in [9.17, 15) is 13.2 Å². The van der Waals surface area contributed by atoms with Crippen molar-refractivity contribution in [3.8, 4) is 0 Å². The number of anilines is 1. The van der Waals surface area contributed by atoms with Crippen molar-refractivity contribution < 1.29 is 13.2 Å². The second-order valence-corrected chi connectivity index (χ2v) is 6.40. The predicted octanol–water partition coefficient (Wildman–Crippen LogP) is 3.32. The van der Waals surface area contributed by atoms with E-state index in [0.29, 0.717) is 10.9 Å². The molecule has 21 heavy (non-hydrogen) atoms. The summed E-state index contributed by atoms with van der Waals surface area (Å²) in [5, 5.41) is 7.74. The number of hydrogen-bond donors (Lipinski definition) is 2. The molecule has 1 aliphatic heterocycles. The van der Waals surface area contributed by atoms with Gasteiger partial charge in [-0.05, 0) is 24.6 Å². The summed E-state index contributed by atoms with van der Waals surface area (Å²) in [5.74, 6) is 0.350. The standard InChI is InChI=1S/C14H18F3N3S/c1-2-10-8-20(5-6-21-10)9-3-4-11(13(18)19)12(7-9)14(15,16)17/h3-4,7,10H,2,5-6,8H2,1H3,(H3,18,19). The van der Waals surface area contributed by atoms with Gasteiger partial charge in [0.25, 0.3) is 0 Å². The van der Waals surface area contributed by atoms with E-state index < -0.39 is 17.6 Å². The van der Waals surface area contributed by atoms with E-state index in [0.717, 1.165) is 31.3 Å². The van der Waals surface area contributed by atoms with Crippen molar-refractivity contribution in [2.75, 3.05) is 23.7 Å². The number of nitrogens with two attached hydrogens (primary N) is 1. The van der Waals surface area contributed by atoms with E-state index >= 15 is 0 Å². The fourth-order valence-corrected chi connectivity index (χ4v) is 3.58. The van der Waals surface area contributed by atoms with Gasteiger partial charge >= 0.3 is 6.18 Å². The van der Waals surface area contributed by atoms with Crippen molar-refractivity contribution in [2.45, 2.75) is 24.8 Å². The Labute approximate surface area is 126 Å². The van der Waals surface area contributed by atoms with Crippen LogP contribution in [0.4, 0.5) is 18.9 Å². The highest BCUT2D eigenvalue weighted by Gasteiger charge is 2.35. The van der Waals surface area contributed by atoms with Gasteiger partial charge in [0, 0.05) is 35.3 Å². The van der Waals surface area contributed by atoms with E-state index in [1.165, 1.54) is 6.07 Å². The van der Waals surface area contributed by atoms with Crippen molar-refractivity contribution in [3.63, 3.8) is 0 Å². The molecular formula is C14H18F3N3S. The number of thioether (sulfide) groups is 1. The van der Waals surface area contributed by atoms with Gasteiger partial charge in [-0.3, -0.25) is 5.41 Å². The van der Waals surface area contributed by atoms with Crippen molar-refractivity contribution in [1.82, 2.24) is 0 Å². The molecule has 1 atom stereocenters. The summed E-state index contributed by atoms with van der Waals surface area (Å²) in [4.78, 5) is 1.98. The van der Waals surface area contributed by atoms with Crippen LogP contribution in [0.2, 0.25) is 0 Å². The van der Waals surface area contributed by atoms with Crippen molar-refractivity contribution in [1.29, 1.82) is 5.41 Å². The molecule has 3 N–H and O–H groups in total. The summed E-state index contributed by atoms with van der Waals surface area (Å²) >= 11 is 1.86. The number of amidine groups is 1. The van der Waals surface area contributed by atoms with Crippen molar-refractivity contribution in [2.24, 2.45) is 5.73 Å². The molecule has 7 heteroatoms. The lowest BCUT2D eigenvalue weighted by Gasteiger charge is -2.34. The number of nitrogens with zero attached hydrogens (tertiary/aromatic N) is 1.